The van der Waals surface area contributed by atoms with E-state index in [0.717, 1.165) is 32.7 Å². The van der Waals surface area contributed by atoms with E-state index in [4.69, 9.17) is 0 Å². The molecule has 1 N–H and O–H groups in total. The minimum atomic E-state index is 0.943. The van der Waals surface area contributed by atoms with Crippen molar-refractivity contribution in [2.24, 2.45) is 0 Å². The summed E-state index contributed by atoms with van der Waals surface area (Å²) in [4.78, 5) is 2.37. The lowest BCUT2D eigenvalue weighted by Gasteiger charge is -2.24. The Bertz CT molecular complexity index is 138. The summed E-state index contributed by atoms with van der Waals surface area (Å²) in [6.07, 6.45) is 0. The normalized spacial score (nSPS) is 14.9. The Morgan fingerprint density at radius 3 is 2.00 bits per heavy atom. The van der Waals surface area contributed by atoms with Crippen molar-refractivity contribution < 1.29 is 0 Å². The summed E-state index contributed by atoms with van der Waals surface area (Å²) in [6.45, 7) is 15.4. The van der Waals surface area contributed by atoms with E-state index in [0.29, 0.717) is 0 Å². The molecule has 0 radical (unpaired) electrons. The van der Waals surface area contributed by atoms with Gasteiger partial charge in [0.05, 0.1) is 6.54 Å². The van der Waals surface area contributed by atoms with Crippen LogP contribution in [0.15, 0.2) is 0 Å². The van der Waals surface area contributed by atoms with Gasteiger partial charge in [-0.3, -0.25) is 4.90 Å². The van der Waals surface area contributed by atoms with Crippen LogP contribution in [0.4, 0.5) is 0 Å². The first-order valence-corrected chi connectivity index (χ1v) is 5.76. The Hall–Kier alpha value is -0.520. The summed E-state index contributed by atoms with van der Waals surface area (Å²) in [5.41, 5.74) is 0. The van der Waals surface area contributed by atoms with Crippen LogP contribution < -0.4 is 5.32 Å². The van der Waals surface area contributed by atoms with Gasteiger partial charge in [0, 0.05) is 26.2 Å². The molecule has 84 valence electrons. The topological polar surface area (TPSA) is 15.3 Å². The molecule has 1 heterocycles. The molecule has 1 aliphatic heterocycles. The summed E-state index contributed by atoms with van der Waals surface area (Å²) in [6, 6.07) is 0. The van der Waals surface area contributed by atoms with Crippen molar-refractivity contribution in [1.29, 1.82) is 0 Å². The molecule has 0 spiro atoms. The molecule has 0 saturated carbocycles. The predicted octanol–water partition coefficient (Wildman–Crippen LogP) is 1.97. The minimum absolute atomic E-state index is 0.943. The first-order chi connectivity index (χ1) is 6.93. The van der Waals surface area contributed by atoms with Gasteiger partial charge in [0.15, 0.2) is 0 Å². The zero-order valence-electron chi connectivity index (χ0n) is 10.5. The van der Waals surface area contributed by atoms with E-state index >= 15 is 0 Å². The van der Waals surface area contributed by atoms with Gasteiger partial charge in [-0.05, 0) is 6.92 Å². The van der Waals surface area contributed by atoms with Gasteiger partial charge in [-0.2, -0.15) is 0 Å². The highest BCUT2D eigenvalue weighted by Crippen LogP contribution is 1.88. The van der Waals surface area contributed by atoms with E-state index in [1.54, 1.807) is 0 Å². The van der Waals surface area contributed by atoms with Crippen LogP contribution in [0.3, 0.4) is 0 Å². The van der Waals surface area contributed by atoms with Gasteiger partial charge < -0.3 is 5.32 Å². The van der Waals surface area contributed by atoms with Gasteiger partial charge in [-0.15, -0.1) is 5.92 Å². The highest BCUT2D eigenvalue weighted by atomic mass is 15.2. The first kappa shape index (κ1) is 15.9. The van der Waals surface area contributed by atoms with Gasteiger partial charge in [-0.1, -0.05) is 33.6 Å². The van der Waals surface area contributed by atoms with Gasteiger partial charge in [0.2, 0.25) is 0 Å². The molecular formula is C12H26N2. The lowest BCUT2D eigenvalue weighted by Crippen LogP contribution is -2.43. The third-order valence-corrected chi connectivity index (χ3v) is 1.69. The monoisotopic (exact) mass is 198 g/mol. The number of rotatable bonds is 1. The zero-order chi connectivity index (χ0) is 11.2. The van der Waals surface area contributed by atoms with Crippen LogP contribution in [-0.4, -0.2) is 37.6 Å². The van der Waals surface area contributed by atoms with Crippen molar-refractivity contribution in [3.05, 3.63) is 0 Å². The molecule has 0 amide bonds. The van der Waals surface area contributed by atoms with E-state index in [2.05, 4.69) is 22.1 Å². The molecule has 0 unspecified atom stereocenters. The Morgan fingerprint density at radius 1 is 1.07 bits per heavy atom. The number of nitrogens with zero attached hydrogens (tertiary/aromatic N) is 1. The van der Waals surface area contributed by atoms with Crippen molar-refractivity contribution in [3.8, 4) is 11.8 Å². The van der Waals surface area contributed by atoms with Crippen LogP contribution in [0.2, 0.25) is 0 Å². The summed E-state index contributed by atoms with van der Waals surface area (Å²) in [5, 5.41) is 3.30. The fourth-order valence-corrected chi connectivity index (χ4v) is 1.06. The molecule has 1 saturated heterocycles. The second kappa shape index (κ2) is 15.0. The van der Waals surface area contributed by atoms with Crippen LogP contribution >= 0.6 is 0 Å². The standard InChI is InChI=1S/C8H14N2.2C2H6/c1-2-3-6-10-7-4-9-5-8-10;2*1-2/h9H,4-8H2,1H3;2*1-2H3. The van der Waals surface area contributed by atoms with Gasteiger partial charge in [0.25, 0.3) is 0 Å². The highest BCUT2D eigenvalue weighted by Gasteiger charge is 2.06. The number of hydrogen-bond donors (Lipinski definition) is 1. The maximum absolute atomic E-state index is 3.30. The maximum atomic E-state index is 3.30. The Labute approximate surface area is 90.1 Å². The largest absolute Gasteiger partial charge is 0.314 e. The summed E-state index contributed by atoms with van der Waals surface area (Å²) in [7, 11) is 0. The van der Waals surface area contributed by atoms with Crippen molar-refractivity contribution in [3.63, 3.8) is 0 Å². The van der Waals surface area contributed by atoms with Crippen molar-refractivity contribution in [2.45, 2.75) is 34.6 Å². The van der Waals surface area contributed by atoms with Crippen LogP contribution in [-0.2, 0) is 0 Å². The number of nitrogens with one attached hydrogen (secondary N) is 1. The molecule has 0 aromatic carbocycles. The maximum Gasteiger partial charge on any atom is 0.0602 e. The lowest BCUT2D eigenvalue weighted by molar-refractivity contribution is 0.268. The third kappa shape index (κ3) is 9.57. The Balaban J connectivity index is 0. The SMILES string of the molecule is CC.CC.CC#CCN1CCNCC1. The Morgan fingerprint density at radius 2 is 1.57 bits per heavy atom. The molecule has 1 aliphatic rings. The van der Waals surface area contributed by atoms with E-state index in [1.165, 1.54) is 0 Å². The number of piperazine rings is 1. The molecule has 0 aliphatic carbocycles. The second-order valence-corrected chi connectivity index (χ2v) is 2.45. The molecule has 1 rings (SSSR count). The zero-order valence-corrected chi connectivity index (χ0v) is 10.5. The highest BCUT2D eigenvalue weighted by molar-refractivity contribution is 4.98. The molecule has 0 bridgehead atoms. The molecule has 1 fully saturated rings. The summed E-state index contributed by atoms with van der Waals surface area (Å²) in [5.74, 6) is 5.97. The molecule has 2 heteroatoms. The average molecular weight is 198 g/mol. The van der Waals surface area contributed by atoms with Crippen molar-refractivity contribution in [1.82, 2.24) is 10.2 Å². The predicted molar refractivity (Wildman–Crippen MR) is 65.5 cm³/mol. The van der Waals surface area contributed by atoms with Crippen LogP contribution in [0.25, 0.3) is 0 Å². The van der Waals surface area contributed by atoms with Gasteiger partial charge >= 0.3 is 0 Å². The summed E-state index contributed by atoms with van der Waals surface area (Å²) >= 11 is 0. The van der Waals surface area contributed by atoms with E-state index in [1.807, 2.05) is 34.6 Å². The first-order valence-electron chi connectivity index (χ1n) is 5.76. The van der Waals surface area contributed by atoms with Gasteiger partial charge in [0.1, 0.15) is 0 Å². The quantitative estimate of drug-likeness (QED) is 0.648. The van der Waals surface area contributed by atoms with Gasteiger partial charge in [-0.25, -0.2) is 0 Å². The third-order valence-electron chi connectivity index (χ3n) is 1.69. The molecular weight excluding hydrogens is 172 g/mol. The fraction of sp³-hybridized carbons (Fsp3) is 0.833. The fourth-order valence-electron chi connectivity index (χ4n) is 1.06. The Kier molecular flexibility index (Phi) is 17.0. The summed E-state index contributed by atoms with van der Waals surface area (Å²) < 4.78 is 0. The van der Waals surface area contributed by atoms with Crippen LogP contribution in [0.1, 0.15) is 34.6 Å². The van der Waals surface area contributed by atoms with E-state index in [-0.39, 0.29) is 0 Å². The second-order valence-electron chi connectivity index (χ2n) is 2.45. The van der Waals surface area contributed by atoms with Crippen molar-refractivity contribution in [2.75, 3.05) is 32.7 Å². The van der Waals surface area contributed by atoms with Crippen molar-refractivity contribution >= 4 is 0 Å². The molecule has 0 aromatic heterocycles. The van der Waals surface area contributed by atoms with E-state index < -0.39 is 0 Å². The number of hydrogen-bond acceptors (Lipinski definition) is 2. The van der Waals surface area contributed by atoms with E-state index in [9.17, 15) is 0 Å². The molecule has 0 aromatic rings. The molecule has 14 heavy (non-hydrogen) atoms. The minimum Gasteiger partial charge on any atom is -0.314 e. The lowest BCUT2D eigenvalue weighted by atomic mass is 10.3. The molecule has 0 atom stereocenters. The average Bonchev–Trinajstić information content (AvgIpc) is 2.33. The molecule has 2 nitrogen and oxygen atoms in total. The van der Waals surface area contributed by atoms with Crippen LogP contribution in [0.5, 0.6) is 0 Å². The smallest absolute Gasteiger partial charge is 0.0602 e. The van der Waals surface area contributed by atoms with Crippen LogP contribution in [0, 0.1) is 11.8 Å².